The van der Waals surface area contributed by atoms with Crippen molar-refractivity contribution in [3.63, 3.8) is 0 Å². The first-order valence-corrected chi connectivity index (χ1v) is 6.03. The molecule has 1 aromatic rings. The molecule has 0 aromatic carbocycles. The van der Waals surface area contributed by atoms with Gasteiger partial charge in [-0.3, -0.25) is 9.78 Å². The number of nitrogens with one attached hydrogen (secondary N) is 1. The van der Waals surface area contributed by atoms with Gasteiger partial charge in [0, 0.05) is 24.9 Å². The number of aliphatic hydroxyl groups is 1. The molecule has 0 spiro atoms. The van der Waals surface area contributed by atoms with Crippen LogP contribution >= 0.6 is 0 Å². The summed E-state index contributed by atoms with van der Waals surface area (Å²) in [5, 5.41) is 11.8. The van der Waals surface area contributed by atoms with Crippen LogP contribution in [0.15, 0.2) is 24.4 Å². The number of hydrogen-bond acceptors (Lipinski definition) is 3. The third kappa shape index (κ3) is 6.68. The Bertz CT molecular complexity index is 325. The Morgan fingerprint density at radius 2 is 2.35 bits per heavy atom. The van der Waals surface area contributed by atoms with Crippen molar-refractivity contribution in [3.05, 3.63) is 30.1 Å². The minimum Gasteiger partial charge on any atom is -0.393 e. The van der Waals surface area contributed by atoms with E-state index in [2.05, 4.69) is 10.3 Å². The summed E-state index contributed by atoms with van der Waals surface area (Å²) in [5.41, 5.74) is 1.02. The Hall–Kier alpha value is -1.42. The molecule has 0 aliphatic carbocycles. The minimum atomic E-state index is -0.358. The predicted octanol–water partition coefficient (Wildman–Crippen LogP) is 1.29. The quantitative estimate of drug-likeness (QED) is 0.750. The largest absolute Gasteiger partial charge is 0.393 e. The highest BCUT2D eigenvalue weighted by molar-refractivity contribution is 5.75. The van der Waals surface area contributed by atoms with Gasteiger partial charge in [-0.15, -0.1) is 0 Å². The fourth-order valence-electron chi connectivity index (χ4n) is 1.48. The van der Waals surface area contributed by atoms with E-state index in [0.717, 1.165) is 18.5 Å². The van der Waals surface area contributed by atoms with Gasteiger partial charge >= 0.3 is 0 Å². The second kappa shape index (κ2) is 7.79. The van der Waals surface area contributed by atoms with Crippen molar-refractivity contribution in [1.82, 2.24) is 10.3 Å². The van der Waals surface area contributed by atoms with E-state index in [0.29, 0.717) is 19.4 Å². The Balaban J connectivity index is 2.08. The van der Waals surface area contributed by atoms with E-state index in [1.54, 1.807) is 13.1 Å². The zero-order valence-electron chi connectivity index (χ0n) is 10.2. The van der Waals surface area contributed by atoms with Crippen molar-refractivity contribution in [2.45, 2.75) is 38.7 Å². The van der Waals surface area contributed by atoms with E-state index in [1.165, 1.54) is 0 Å². The maximum Gasteiger partial charge on any atom is 0.220 e. The molecule has 1 rings (SSSR count). The molecule has 0 aliphatic heterocycles. The number of rotatable bonds is 7. The fourth-order valence-corrected chi connectivity index (χ4v) is 1.48. The summed E-state index contributed by atoms with van der Waals surface area (Å²) in [4.78, 5) is 15.6. The number of carbonyl (C=O) groups is 1. The Morgan fingerprint density at radius 3 is 3.00 bits per heavy atom. The van der Waals surface area contributed by atoms with Crippen molar-refractivity contribution in [3.8, 4) is 0 Å². The first-order chi connectivity index (χ1) is 8.18. The monoisotopic (exact) mass is 236 g/mol. The van der Waals surface area contributed by atoms with Crippen LogP contribution in [0.3, 0.4) is 0 Å². The topological polar surface area (TPSA) is 62.2 Å². The van der Waals surface area contributed by atoms with Crippen molar-refractivity contribution in [2.24, 2.45) is 0 Å². The molecule has 0 bridgehead atoms. The minimum absolute atomic E-state index is 0.0431. The lowest BCUT2D eigenvalue weighted by molar-refractivity contribution is -0.121. The number of nitrogens with zero attached hydrogens (tertiary/aromatic N) is 1. The van der Waals surface area contributed by atoms with E-state index in [-0.39, 0.29) is 12.0 Å². The van der Waals surface area contributed by atoms with Crippen molar-refractivity contribution in [1.29, 1.82) is 0 Å². The van der Waals surface area contributed by atoms with Crippen LogP contribution in [0.2, 0.25) is 0 Å². The third-order valence-electron chi connectivity index (χ3n) is 2.45. The highest BCUT2D eigenvalue weighted by Crippen LogP contribution is 2.01. The number of pyridine rings is 1. The number of hydrogen-bond donors (Lipinski definition) is 2. The van der Waals surface area contributed by atoms with Gasteiger partial charge in [-0.2, -0.15) is 0 Å². The Kier molecular flexibility index (Phi) is 6.25. The SMILES string of the molecule is CC(O)CCNC(=O)CCCc1ccccn1. The predicted molar refractivity (Wildman–Crippen MR) is 66.5 cm³/mol. The molecule has 0 saturated carbocycles. The van der Waals surface area contributed by atoms with Crippen molar-refractivity contribution in [2.75, 3.05) is 6.54 Å². The van der Waals surface area contributed by atoms with Crippen LogP contribution in [-0.2, 0) is 11.2 Å². The van der Waals surface area contributed by atoms with Crippen LogP contribution in [-0.4, -0.2) is 28.6 Å². The summed E-state index contributed by atoms with van der Waals surface area (Å²) in [6, 6.07) is 5.79. The van der Waals surface area contributed by atoms with Crippen LogP contribution in [0.25, 0.3) is 0 Å². The van der Waals surface area contributed by atoms with E-state index in [9.17, 15) is 4.79 Å². The summed E-state index contributed by atoms with van der Waals surface area (Å²) >= 11 is 0. The van der Waals surface area contributed by atoms with Gasteiger partial charge in [-0.1, -0.05) is 6.07 Å². The zero-order valence-corrected chi connectivity index (χ0v) is 10.2. The first-order valence-electron chi connectivity index (χ1n) is 6.03. The number of aliphatic hydroxyl groups excluding tert-OH is 1. The highest BCUT2D eigenvalue weighted by Gasteiger charge is 2.02. The van der Waals surface area contributed by atoms with Crippen LogP contribution < -0.4 is 5.32 Å². The van der Waals surface area contributed by atoms with Gasteiger partial charge in [0.2, 0.25) is 5.91 Å². The molecule has 17 heavy (non-hydrogen) atoms. The summed E-state index contributed by atoms with van der Waals surface area (Å²) in [6.07, 6.45) is 4.14. The molecule has 0 saturated heterocycles. The van der Waals surface area contributed by atoms with Gasteiger partial charge in [0.05, 0.1) is 6.10 Å². The molecule has 1 amide bonds. The van der Waals surface area contributed by atoms with E-state index < -0.39 is 0 Å². The van der Waals surface area contributed by atoms with Gasteiger partial charge in [0.1, 0.15) is 0 Å². The summed E-state index contributed by atoms with van der Waals surface area (Å²) < 4.78 is 0. The second-order valence-corrected chi connectivity index (χ2v) is 4.16. The van der Waals surface area contributed by atoms with Gasteiger partial charge in [0.25, 0.3) is 0 Å². The second-order valence-electron chi connectivity index (χ2n) is 4.16. The van der Waals surface area contributed by atoms with E-state index in [1.807, 2.05) is 18.2 Å². The van der Waals surface area contributed by atoms with Crippen LogP contribution in [0, 0.1) is 0 Å². The van der Waals surface area contributed by atoms with Crippen LogP contribution in [0.5, 0.6) is 0 Å². The average Bonchev–Trinajstić information content (AvgIpc) is 2.30. The highest BCUT2D eigenvalue weighted by atomic mass is 16.3. The van der Waals surface area contributed by atoms with Gasteiger partial charge < -0.3 is 10.4 Å². The lowest BCUT2D eigenvalue weighted by atomic mass is 10.1. The van der Waals surface area contributed by atoms with Crippen LogP contribution in [0.1, 0.15) is 31.9 Å². The maximum atomic E-state index is 11.4. The molecule has 1 heterocycles. The average molecular weight is 236 g/mol. The van der Waals surface area contributed by atoms with Gasteiger partial charge in [0.15, 0.2) is 0 Å². The number of carbonyl (C=O) groups excluding carboxylic acids is 1. The maximum absolute atomic E-state index is 11.4. The summed E-state index contributed by atoms with van der Waals surface area (Å²) in [5.74, 6) is 0.0431. The molecule has 1 unspecified atom stereocenters. The molecule has 0 aliphatic rings. The molecular formula is C13H20N2O2. The van der Waals surface area contributed by atoms with E-state index in [4.69, 9.17) is 5.11 Å². The molecule has 4 nitrogen and oxygen atoms in total. The molecule has 0 radical (unpaired) electrons. The molecular weight excluding hydrogens is 216 g/mol. The Morgan fingerprint density at radius 1 is 1.53 bits per heavy atom. The van der Waals surface area contributed by atoms with Gasteiger partial charge in [-0.25, -0.2) is 0 Å². The summed E-state index contributed by atoms with van der Waals surface area (Å²) in [7, 11) is 0. The molecule has 1 atom stereocenters. The third-order valence-corrected chi connectivity index (χ3v) is 2.45. The molecule has 0 fully saturated rings. The van der Waals surface area contributed by atoms with Crippen molar-refractivity contribution < 1.29 is 9.90 Å². The first kappa shape index (κ1) is 13.6. The summed E-state index contributed by atoms with van der Waals surface area (Å²) in [6.45, 7) is 2.26. The van der Waals surface area contributed by atoms with Gasteiger partial charge in [-0.05, 0) is 38.3 Å². The lowest BCUT2D eigenvalue weighted by Gasteiger charge is -2.06. The number of aromatic nitrogens is 1. The number of amides is 1. The fraction of sp³-hybridized carbons (Fsp3) is 0.538. The molecule has 4 heteroatoms. The Labute approximate surface area is 102 Å². The van der Waals surface area contributed by atoms with Crippen molar-refractivity contribution >= 4 is 5.91 Å². The lowest BCUT2D eigenvalue weighted by Crippen LogP contribution is -2.26. The number of aryl methyl sites for hydroxylation is 1. The molecule has 94 valence electrons. The zero-order chi connectivity index (χ0) is 12.5. The van der Waals surface area contributed by atoms with E-state index >= 15 is 0 Å². The van der Waals surface area contributed by atoms with Crippen LogP contribution in [0.4, 0.5) is 0 Å². The standard InChI is InChI=1S/C13H20N2O2/c1-11(16)8-10-15-13(17)7-4-6-12-5-2-3-9-14-12/h2-3,5,9,11,16H,4,6-8,10H2,1H3,(H,15,17). The smallest absolute Gasteiger partial charge is 0.220 e. The molecule has 1 aromatic heterocycles. The molecule has 2 N–H and O–H groups in total. The normalized spacial score (nSPS) is 12.1.